The van der Waals surface area contributed by atoms with E-state index in [4.69, 9.17) is 21.1 Å². The molecule has 0 saturated carbocycles. The lowest BCUT2D eigenvalue weighted by molar-refractivity contribution is -0.311. The lowest BCUT2D eigenvalue weighted by atomic mass is 9.92. The largest absolute Gasteiger partial charge is 0.489 e. The summed E-state index contributed by atoms with van der Waals surface area (Å²) in [4.78, 5) is 32.5. The first-order chi connectivity index (χ1) is 17.3. The molecule has 0 aliphatic heterocycles. The fourth-order valence-electron chi connectivity index (χ4n) is 3.92. The van der Waals surface area contributed by atoms with Gasteiger partial charge in [-0.1, -0.05) is 35.9 Å². The molecule has 0 aliphatic rings. The highest BCUT2D eigenvalue weighted by atomic mass is 35.5. The van der Waals surface area contributed by atoms with Crippen LogP contribution in [0, 0.1) is 5.92 Å². The second-order valence-corrected chi connectivity index (χ2v) is 9.35. The number of amides is 1. The van der Waals surface area contributed by atoms with E-state index in [-0.39, 0.29) is 30.1 Å². The summed E-state index contributed by atoms with van der Waals surface area (Å²) in [6.45, 7) is 3.82. The normalized spacial score (nSPS) is 12.0. The highest BCUT2D eigenvalue weighted by molar-refractivity contribution is 6.32. The Kier molecular flexibility index (Phi) is 8.03. The van der Waals surface area contributed by atoms with E-state index in [0.29, 0.717) is 40.9 Å². The number of benzene rings is 3. The molecule has 0 aliphatic carbocycles. The maximum Gasteiger partial charge on any atom is 0.312 e. The predicted octanol–water partition coefficient (Wildman–Crippen LogP) is 5.39. The summed E-state index contributed by atoms with van der Waals surface area (Å²) in [6, 6.07) is 20.6. The molecule has 4 N–H and O–H groups in total. The van der Waals surface area contributed by atoms with Crippen LogP contribution in [-0.2, 0) is 11.2 Å². The van der Waals surface area contributed by atoms with Crippen molar-refractivity contribution in [3.05, 3.63) is 82.9 Å². The maximum absolute atomic E-state index is 12.7. The van der Waals surface area contributed by atoms with Crippen LogP contribution in [0.25, 0.3) is 11.0 Å². The van der Waals surface area contributed by atoms with E-state index in [1.807, 2.05) is 62.4 Å². The maximum atomic E-state index is 12.7. The summed E-state index contributed by atoms with van der Waals surface area (Å²) in [5.74, 6) is 0.544. The van der Waals surface area contributed by atoms with Gasteiger partial charge in [-0.3, -0.25) is 10.5 Å². The zero-order valence-corrected chi connectivity index (χ0v) is 21.0. The van der Waals surface area contributed by atoms with Crippen molar-refractivity contribution in [1.82, 2.24) is 9.97 Å². The number of H-pyrrole nitrogens is 1. The van der Waals surface area contributed by atoms with Gasteiger partial charge in [-0.05, 0) is 74.7 Å². The molecule has 3 aromatic carbocycles. The number of ketones is 1. The molecule has 0 saturated heterocycles. The minimum Gasteiger partial charge on any atom is -0.489 e. The Balaban J connectivity index is 1.34. The van der Waals surface area contributed by atoms with Crippen molar-refractivity contribution in [2.45, 2.75) is 39.2 Å². The van der Waals surface area contributed by atoms with Gasteiger partial charge in [-0.15, -0.1) is 0 Å². The van der Waals surface area contributed by atoms with Crippen molar-refractivity contribution in [1.29, 1.82) is 0 Å². The molecule has 0 spiro atoms. The Hall–Kier alpha value is -3.68. The van der Waals surface area contributed by atoms with Gasteiger partial charge in [0.25, 0.3) is 6.01 Å². The number of hydrogen-bond donors (Lipinski definition) is 2. The topological polar surface area (TPSA) is 109 Å². The monoisotopic (exact) mass is 506 g/mol. The van der Waals surface area contributed by atoms with Crippen molar-refractivity contribution in [3.63, 3.8) is 0 Å². The third-order valence-corrected chi connectivity index (χ3v) is 6.07. The number of rotatable bonds is 11. The van der Waals surface area contributed by atoms with Crippen molar-refractivity contribution in [2.24, 2.45) is 5.92 Å². The van der Waals surface area contributed by atoms with Gasteiger partial charge in [-0.25, -0.2) is 4.79 Å². The Morgan fingerprint density at radius 1 is 1.06 bits per heavy atom. The van der Waals surface area contributed by atoms with Crippen LogP contribution in [0.2, 0.25) is 5.02 Å². The number of nitrogens with one attached hydrogen (secondary N) is 1. The molecule has 0 fully saturated rings. The molecule has 8 heteroatoms. The van der Waals surface area contributed by atoms with Crippen LogP contribution in [0.1, 0.15) is 42.6 Å². The van der Waals surface area contributed by atoms with Gasteiger partial charge < -0.3 is 14.5 Å². The van der Waals surface area contributed by atoms with Gasteiger partial charge >= 0.3 is 5.91 Å². The number of nitrogens with zero attached hydrogens (tertiary/aromatic N) is 1. The second kappa shape index (κ2) is 11.4. The minimum atomic E-state index is -0.366. The molecular formula is C28H29ClN3O4+. The molecule has 1 heterocycles. The Morgan fingerprint density at radius 3 is 2.47 bits per heavy atom. The molecule has 0 bridgehead atoms. The molecule has 7 nitrogen and oxygen atoms in total. The predicted molar refractivity (Wildman–Crippen MR) is 138 cm³/mol. The lowest BCUT2D eigenvalue weighted by Crippen LogP contribution is -2.60. The molecule has 4 rings (SSSR count). The van der Waals surface area contributed by atoms with E-state index < -0.39 is 0 Å². The number of hydrogen-bond acceptors (Lipinski definition) is 5. The van der Waals surface area contributed by atoms with E-state index in [9.17, 15) is 9.59 Å². The minimum absolute atomic E-state index is 0.0150. The van der Waals surface area contributed by atoms with Crippen molar-refractivity contribution < 1.29 is 24.8 Å². The standard InChI is InChI=1S/C28H28ClN3O4/c1-17(2)35-26-14-10-19(16-22(26)29)25(33)13-9-20(27(30)34)15-18-7-11-21(12-8-18)36-28-31-23-5-3-4-6-24(23)32-28/h3-8,10-12,14,16-17,20H,9,13,15H2,1-2H3,(H2,30,34)(H,31,32)/p+1/t20-/m0/s1. The van der Waals surface area contributed by atoms with Gasteiger partial charge in [0.1, 0.15) is 11.5 Å². The molecule has 1 amide bonds. The van der Waals surface area contributed by atoms with Gasteiger partial charge in [0.05, 0.1) is 28.1 Å². The van der Waals surface area contributed by atoms with E-state index in [1.54, 1.807) is 18.2 Å². The van der Waals surface area contributed by atoms with Crippen LogP contribution >= 0.6 is 11.6 Å². The van der Waals surface area contributed by atoms with Crippen molar-refractivity contribution in [3.8, 4) is 17.5 Å². The summed E-state index contributed by atoms with van der Waals surface area (Å²) in [6.07, 6.45) is 1.10. The van der Waals surface area contributed by atoms with E-state index in [2.05, 4.69) is 15.7 Å². The van der Waals surface area contributed by atoms with Crippen molar-refractivity contribution >= 4 is 34.3 Å². The van der Waals surface area contributed by atoms with Crippen molar-refractivity contribution in [2.75, 3.05) is 0 Å². The Bertz CT molecular complexity index is 1330. The first-order valence-corrected chi connectivity index (χ1v) is 12.2. The van der Waals surface area contributed by atoms with E-state index in [0.717, 1.165) is 16.6 Å². The Morgan fingerprint density at radius 2 is 1.81 bits per heavy atom. The first kappa shape index (κ1) is 25.4. The van der Waals surface area contributed by atoms with Crippen LogP contribution in [-0.4, -0.2) is 27.8 Å². The fourth-order valence-corrected chi connectivity index (χ4v) is 4.14. The average Bonchev–Trinajstić information content (AvgIpc) is 3.25. The van der Waals surface area contributed by atoms with Gasteiger partial charge in [0.2, 0.25) is 0 Å². The molecular weight excluding hydrogens is 478 g/mol. The number of Topliss-reactive ketones (excluding diaryl/α,β-unsaturated/α-hetero) is 1. The van der Waals surface area contributed by atoms with Gasteiger partial charge in [-0.2, -0.15) is 4.98 Å². The number of carbonyl (C=O) groups excluding carboxylic acids is 2. The molecule has 36 heavy (non-hydrogen) atoms. The highest BCUT2D eigenvalue weighted by Crippen LogP contribution is 2.28. The molecule has 0 radical (unpaired) electrons. The fraction of sp³-hybridized carbons (Fsp3) is 0.250. The molecule has 4 aromatic rings. The lowest BCUT2D eigenvalue weighted by Gasteiger charge is -2.13. The zero-order chi connectivity index (χ0) is 25.7. The first-order valence-electron chi connectivity index (χ1n) is 11.8. The number of halogens is 1. The highest BCUT2D eigenvalue weighted by Gasteiger charge is 2.21. The quantitative estimate of drug-likeness (QED) is 0.265. The number of para-hydroxylation sites is 2. The van der Waals surface area contributed by atoms with E-state index in [1.165, 1.54) is 0 Å². The van der Waals surface area contributed by atoms with Crippen LogP contribution < -0.4 is 15.2 Å². The van der Waals surface area contributed by atoms with Crippen LogP contribution in [0.3, 0.4) is 0 Å². The number of imidazole rings is 1. The third-order valence-electron chi connectivity index (χ3n) is 5.78. The van der Waals surface area contributed by atoms with Crippen LogP contribution in [0.4, 0.5) is 0 Å². The molecule has 1 aromatic heterocycles. The SMILES string of the molecule is CC(C)Oc1ccc(C(=O)CC[C@@H](Cc2ccc(Oc3nc4ccccc4[nH]3)cc2)C([NH3+])=O)cc1Cl. The van der Waals surface area contributed by atoms with Gasteiger partial charge in [0, 0.05) is 12.0 Å². The summed E-state index contributed by atoms with van der Waals surface area (Å²) in [5.41, 5.74) is 6.80. The number of aromatic nitrogens is 2. The third kappa shape index (κ3) is 6.50. The van der Waals surface area contributed by atoms with Gasteiger partial charge in [0.15, 0.2) is 5.78 Å². The van der Waals surface area contributed by atoms with E-state index >= 15 is 0 Å². The average molecular weight is 507 g/mol. The number of fused-ring (bicyclic) bond motifs is 1. The molecule has 186 valence electrons. The Labute approximate surface area is 214 Å². The number of carbonyl (C=O) groups is 2. The summed E-state index contributed by atoms with van der Waals surface area (Å²) in [7, 11) is 0. The number of aromatic amines is 1. The summed E-state index contributed by atoms with van der Waals surface area (Å²) >= 11 is 6.26. The van der Waals surface area contributed by atoms with Crippen LogP contribution in [0.15, 0.2) is 66.7 Å². The number of quaternary nitrogens is 1. The summed E-state index contributed by atoms with van der Waals surface area (Å²) in [5, 5.41) is 0.393. The smallest absolute Gasteiger partial charge is 0.312 e. The summed E-state index contributed by atoms with van der Waals surface area (Å²) < 4.78 is 11.4. The second-order valence-electron chi connectivity index (χ2n) is 8.95. The number of ether oxygens (including phenoxy) is 2. The molecule has 1 atom stereocenters. The van der Waals surface area contributed by atoms with Crippen LogP contribution in [0.5, 0.6) is 17.5 Å². The molecule has 0 unspecified atom stereocenters. The zero-order valence-electron chi connectivity index (χ0n) is 20.3.